The predicted octanol–water partition coefficient (Wildman–Crippen LogP) is 4.69. The van der Waals surface area contributed by atoms with Gasteiger partial charge >= 0.3 is 0 Å². The molecule has 0 radical (unpaired) electrons. The summed E-state index contributed by atoms with van der Waals surface area (Å²) in [4.78, 5) is 11.3. The van der Waals surface area contributed by atoms with Gasteiger partial charge in [-0.05, 0) is 66.9 Å². The lowest BCUT2D eigenvalue weighted by Gasteiger charge is -2.29. The summed E-state index contributed by atoms with van der Waals surface area (Å²) in [5.41, 5.74) is 5.65. The molecule has 1 saturated heterocycles. The topological polar surface area (TPSA) is 58.9 Å². The fraction of sp³-hybridized carbons (Fsp3) is 0.269. The van der Waals surface area contributed by atoms with Crippen LogP contribution in [0.3, 0.4) is 0 Å². The van der Waals surface area contributed by atoms with Crippen LogP contribution in [-0.2, 0) is 13.6 Å². The van der Waals surface area contributed by atoms with Gasteiger partial charge in [-0.3, -0.25) is 9.58 Å². The Balaban J connectivity index is 1.46. The van der Waals surface area contributed by atoms with E-state index in [-0.39, 0.29) is 0 Å². The van der Waals surface area contributed by atoms with Gasteiger partial charge in [0.25, 0.3) is 0 Å². The summed E-state index contributed by atoms with van der Waals surface area (Å²) >= 11 is 0. The van der Waals surface area contributed by atoms with E-state index in [9.17, 15) is 4.39 Å². The molecule has 2 aromatic carbocycles. The summed E-state index contributed by atoms with van der Waals surface area (Å²) in [5.74, 6) is 3.14. The molecular weight excluding hydrogens is 415 g/mol. The van der Waals surface area contributed by atoms with Gasteiger partial charge in [-0.25, -0.2) is 14.4 Å². The fourth-order valence-corrected chi connectivity index (χ4v) is 4.31. The number of fused-ring (bicyclic) bond motifs is 1. The molecule has 0 spiro atoms. The quantitative estimate of drug-likeness (QED) is 0.456. The summed E-state index contributed by atoms with van der Waals surface area (Å²) in [5, 5.41) is 8.55. The lowest BCUT2D eigenvalue weighted by molar-refractivity contribution is 0.133. The van der Waals surface area contributed by atoms with Crippen molar-refractivity contribution in [1.29, 1.82) is 0 Å². The number of anilines is 2. The van der Waals surface area contributed by atoms with Crippen molar-refractivity contribution in [1.82, 2.24) is 24.6 Å². The highest BCUT2D eigenvalue weighted by Gasteiger charge is 2.19. The van der Waals surface area contributed by atoms with Crippen molar-refractivity contribution < 1.29 is 4.39 Å². The first kappa shape index (κ1) is 21.1. The molecule has 166 valence electrons. The molecule has 1 atom stereocenters. The number of alkyl halides is 1. The maximum Gasteiger partial charge on any atom is 0.227 e. The molecule has 1 unspecified atom stereocenters. The lowest BCUT2D eigenvalue weighted by Crippen LogP contribution is -2.35. The van der Waals surface area contributed by atoms with Gasteiger partial charge in [0.1, 0.15) is 6.17 Å². The number of hydrogen-bond donors (Lipinski definition) is 1. The molecule has 7 heteroatoms. The third-order valence-electron chi connectivity index (χ3n) is 5.89. The second kappa shape index (κ2) is 9.00. The molecule has 1 N–H and O–H groups in total. The highest BCUT2D eigenvalue weighted by Crippen LogP contribution is 2.28. The Bertz CT molecular complexity index is 1340. The molecule has 33 heavy (non-hydrogen) atoms. The van der Waals surface area contributed by atoms with Crippen LogP contribution in [0.1, 0.15) is 24.0 Å². The van der Waals surface area contributed by atoms with Gasteiger partial charge in [-0.15, -0.1) is 6.42 Å². The van der Waals surface area contributed by atoms with Gasteiger partial charge in [0, 0.05) is 54.7 Å². The Morgan fingerprint density at radius 1 is 1.18 bits per heavy atom. The van der Waals surface area contributed by atoms with Gasteiger partial charge in [0.15, 0.2) is 0 Å². The van der Waals surface area contributed by atoms with Gasteiger partial charge < -0.3 is 5.32 Å². The van der Waals surface area contributed by atoms with E-state index in [1.54, 1.807) is 10.9 Å². The number of nitrogens with zero attached hydrogens (tertiary/aromatic N) is 5. The van der Waals surface area contributed by atoms with Crippen molar-refractivity contribution in [2.75, 3.05) is 18.4 Å². The van der Waals surface area contributed by atoms with Crippen molar-refractivity contribution in [3.8, 4) is 23.5 Å². The van der Waals surface area contributed by atoms with E-state index in [4.69, 9.17) is 6.42 Å². The first-order chi connectivity index (χ1) is 16.1. The summed E-state index contributed by atoms with van der Waals surface area (Å²) < 4.78 is 15.7. The second-order valence-corrected chi connectivity index (χ2v) is 8.53. The fourth-order valence-electron chi connectivity index (χ4n) is 4.31. The smallest absolute Gasteiger partial charge is 0.227 e. The molecule has 1 aliphatic rings. The van der Waals surface area contributed by atoms with Gasteiger partial charge in [-0.1, -0.05) is 5.92 Å². The average Bonchev–Trinajstić information content (AvgIpc) is 3.25. The minimum Gasteiger partial charge on any atom is -0.324 e. The molecule has 0 aliphatic carbocycles. The minimum absolute atomic E-state index is 0.479. The Labute approximate surface area is 192 Å². The lowest BCUT2D eigenvalue weighted by atomic mass is 10.0. The summed E-state index contributed by atoms with van der Waals surface area (Å²) in [7, 11) is 1.90. The van der Waals surface area contributed by atoms with Crippen molar-refractivity contribution in [3.63, 3.8) is 0 Å². The van der Waals surface area contributed by atoms with Gasteiger partial charge in [0.2, 0.25) is 5.95 Å². The number of rotatable bonds is 5. The largest absolute Gasteiger partial charge is 0.324 e. The molecule has 2 aromatic heterocycles. The van der Waals surface area contributed by atoms with Crippen LogP contribution in [0.5, 0.6) is 0 Å². The highest BCUT2D eigenvalue weighted by atomic mass is 19.1. The third kappa shape index (κ3) is 4.86. The minimum atomic E-state index is -0.751. The van der Waals surface area contributed by atoms with E-state index in [0.717, 1.165) is 51.8 Å². The standard InChI is InChI=1S/C26H25FN6/c1-3-18-6-7-25-21(9-18)13-28-26(31-25)30-24-11-19(15-33-8-4-5-23(27)17-33)10-20(12-24)22-14-29-32(2)16-22/h1,6-7,9-14,16,23H,4-5,8,15,17H2,2H3,(H,28,30,31). The van der Waals surface area contributed by atoms with Crippen LogP contribution in [0.25, 0.3) is 22.0 Å². The normalized spacial score (nSPS) is 16.6. The summed E-state index contributed by atoms with van der Waals surface area (Å²) in [6.45, 7) is 2.08. The molecule has 1 fully saturated rings. The zero-order chi connectivity index (χ0) is 22.8. The molecule has 0 amide bonds. The number of likely N-dealkylation sites (tertiary alicyclic amines) is 1. The third-order valence-corrected chi connectivity index (χ3v) is 5.89. The van der Waals surface area contributed by atoms with Crippen LogP contribution in [0.15, 0.2) is 55.0 Å². The number of hydrogen-bond acceptors (Lipinski definition) is 5. The molecular formula is C26H25FN6. The molecule has 5 rings (SSSR count). The maximum atomic E-state index is 13.9. The Hall–Kier alpha value is -3.76. The van der Waals surface area contributed by atoms with E-state index < -0.39 is 6.17 Å². The monoisotopic (exact) mass is 440 g/mol. The maximum absolute atomic E-state index is 13.9. The Morgan fingerprint density at radius 3 is 2.88 bits per heavy atom. The zero-order valence-corrected chi connectivity index (χ0v) is 18.5. The number of aromatic nitrogens is 4. The number of piperidine rings is 1. The van der Waals surface area contributed by atoms with Crippen LogP contribution in [-0.4, -0.2) is 43.9 Å². The van der Waals surface area contributed by atoms with Crippen LogP contribution in [0.2, 0.25) is 0 Å². The van der Waals surface area contributed by atoms with E-state index >= 15 is 0 Å². The number of terminal acetylenes is 1. The van der Waals surface area contributed by atoms with Crippen LogP contribution < -0.4 is 5.32 Å². The Kier molecular flexibility index (Phi) is 5.76. The van der Waals surface area contributed by atoms with E-state index in [1.165, 1.54) is 0 Å². The summed E-state index contributed by atoms with van der Waals surface area (Å²) in [6.07, 6.45) is 11.9. The second-order valence-electron chi connectivity index (χ2n) is 8.53. The predicted molar refractivity (Wildman–Crippen MR) is 129 cm³/mol. The SMILES string of the molecule is C#Cc1ccc2nc(Nc3cc(CN4CCCC(F)C4)cc(-c4cnn(C)c4)c3)ncc2c1. The number of halogens is 1. The first-order valence-electron chi connectivity index (χ1n) is 11.1. The van der Waals surface area contributed by atoms with E-state index in [1.807, 2.05) is 37.6 Å². The molecule has 3 heterocycles. The number of nitrogens with one attached hydrogen (secondary N) is 1. The van der Waals surface area contributed by atoms with Gasteiger partial charge in [-0.2, -0.15) is 5.10 Å². The first-order valence-corrected chi connectivity index (χ1v) is 11.1. The molecule has 6 nitrogen and oxygen atoms in total. The highest BCUT2D eigenvalue weighted by molar-refractivity contribution is 5.81. The zero-order valence-electron chi connectivity index (χ0n) is 18.5. The van der Waals surface area contributed by atoms with E-state index in [0.29, 0.717) is 25.5 Å². The van der Waals surface area contributed by atoms with E-state index in [2.05, 4.69) is 49.4 Å². The van der Waals surface area contributed by atoms with Gasteiger partial charge in [0.05, 0.1) is 11.7 Å². The molecule has 0 saturated carbocycles. The number of benzene rings is 2. The van der Waals surface area contributed by atoms with Crippen molar-refractivity contribution in [2.24, 2.45) is 7.05 Å². The molecule has 4 aromatic rings. The Morgan fingerprint density at radius 2 is 2.09 bits per heavy atom. The van der Waals surface area contributed by atoms with Crippen molar-refractivity contribution in [3.05, 3.63) is 66.1 Å². The average molecular weight is 441 g/mol. The summed E-state index contributed by atoms with van der Waals surface area (Å²) in [6, 6.07) is 12.0. The molecule has 1 aliphatic heterocycles. The van der Waals surface area contributed by atoms with Crippen LogP contribution in [0, 0.1) is 12.3 Å². The van der Waals surface area contributed by atoms with Crippen molar-refractivity contribution in [2.45, 2.75) is 25.6 Å². The number of aryl methyl sites for hydroxylation is 1. The van der Waals surface area contributed by atoms with Crippen LogP contribution in [0.4, 0.5) is 16.0 Å². The van der Waals surface area contributed by atoms with Crippen LogP contribution >= 0.6 is 0 Å². The molecule has 0 bridgehead atoms. The van der Waals surface area contributed by atoms with Crippen molar-refractivity contribution >= 4 is 22.5 Å².